The second kappa shape index (κ2) is 4.43. The van der Waals surface area contributed by atoms with Gasteiger partial charge in [-0.25, -0.2) is 0 Å². The normalized spacial score (nSPS) is 27.3. The third kappa shape index (κ3) is 3.09. The van der Waals surface area contributed by atoms with E-state index in [0.717, 1.165) is 17.0 Å². The number of nitrogens with one attached hydrogen (secondary N) is 1. The maximum Gasteiger partial charge on any atom is 0.250 e. The Morgan fingerprint density at radius 3 is 2.90 bits per heavy atom. The van der Waals surface area contributed by atoms with Crippen molar-refractivity contribution in [1.29, 1.82) is 0 Å². The summed E-state index contributed by atoms with van der Waals surface area (Å²) in [6, 6.07) is 0. The summed E-state index contributed by atoms with van der Waals surface area (Å²) < 4.78 is 13.4. The largest absolute Gasteiger partial charge is 0.323 e. The molecule has 56 valence electrons. The average Bonchev–Trinajstić information content (AvgIpc) is 1.88. The second-order valence-electron chi connectivity index (χ2n) is 1.90. The summed E-state index contributed by atoms with van der Waals surface area (Å²) >= 11 is 0. The molecule has 0 bridgehead atoms. The van der Waals surface area contributed by atoms with Gasteiger partial charge >= 0.3 is 0 Å². The smallest absolute Gasteiger partial charge is 0.250 e. The van der Waals surface area contributed by atoms with Gasteiger partial charge in [0, 0.05) is 0 Å². The Kier molecular flexibility index (Phi) is 3.83. The topological polar surface area (TPSA) is 46.0 Å². The van der Waals surface area contributed by atoms with Crippen LogP contribution in [0.25, 0.3) is 0 Å². The second-order valence-corrected chi connectivity index (χ2v) is 5.26. The minimum atomic E-state index is -0.755. The Morgan fingerprint density at radius 2 is 2.40 bits per heavy atom. The van der Waals surface area contributed by atoms with Crippen molar-refractivity contribution in [3.05, 3.63) is 0 Å². The molecule has 1 unspecified atom stereocenters. The molecule has 1 rings (SSSR count). The van der Waals surface area contributed by atoms with E-state index in [2.05, 4.69) is 13.9 Å². The van der Waals surface area contributed by atoms with Gasteiger partial charge < -0.3 is 4.52 Å². The Bertz CT molecular complexity index is 159. The first-order chi connectivity index (χ1) is 4.79. The minimum Gasteiger partial charge on any atom is -0.323 e. The molecule has 1 aliphatic heterocycles. The minimum absolute atomic E-state index is 0.242. The maximum atomic E-state index is 5.40. The SMILES string of the molecule is CC(C)OP1N=PN=PN1. The first-order valence-electron chi connectivity index (χ1n) is 2.82. The van der Waals surface area contributed by atoms with Gasteiger partial charge in [0.15, 0.2) is 8.52 Å². The summed E-state index contributed by atoms with van der Waals surface area (Å²) in [6.45, 7) is 4.00. The van der Waals surface area contributed by atoms with E-state index < -0.39 is 8.45 Å². The standard InChI is InChI=1S/C3H8N3OP3/c1-3(2)7-10-5-8-4-9-6-10/h3H,1-2H3,(H,4,5,6). The van der Waals surface area contributed by atoms with Gasteiger partial charge in [0.1, 0.15) is 8.52 Å². The van der Waals surface area contributed by atoms with Crippen molar-refractivity contribution in [3.8, 4) is 0 Å². The zero-order valence-corrected chi connectivity index (χ0v) is 8.40. The number of rotatable bonds is 2. The molecule has 1 heterocycles. The lowest BCUT2D eigenvalue weighted by Gasteiger charge is -2.13. The molecule has 0 aliphatic carbocycles. The van der Waals surface area contributed by atoms with Gasteiger partial charge in [-0.05, 0) is 13.8 Å². The molecule has 0 aromatic heterocycles. The van der Waals surface area contributed by atoms with Gasteiger partial charge in [0.05, 0.1) is 6.10 Å². The molecular weight excluding hydrogens is 187 g/mol. The number of hydrogen-bond acceptors (Lipinski definition) is 4. The van der Waals surface area contributed by atoms with Crippen molar-refractivity contribution in [2.45, 2.75) is 20.0 Å². The van der Waals surface area contributed by atoms with Crippen LogP contribution < -0.4 is 4.86 Å². The van der Waals surface area contributed by atoms with Gasteiger partial charge in [-0.15, -0.1) is 0 Å². The summed E-state index contributed by atoms with van der Waals surface area (Å²) in [5.41, 5.74) is 0. The molecule has 0 fully saturated rings. The number of hydrogen-bond donors (Lipinski definition) is 1. The highest BCUT2D eigenvalue weighted by Gasteiger charge is 2.10. The first-order valence-corrected chi connectivity index (χ1v) is 5.68. The zero-order chi connectivity index (χ0) is 7.40. The summed E-state index contributed by atoms with van der Waals surface area (Å²) in [6.07, 6.45) is 0.242. The maximum absolute atomic E-state index is 5.40. The number of nitrogens with zero attached hydrogens (tertiary/aromatic N) is 2. The predicted molar refractivity (Wildman–Crippen MR) is 45.0 cm³/mol. The fourth-order valence-corrected chi connectivity index (χ4v) is 3.42. The van der Waals surface area contributed by atoms with E-state index in [-0.39, 0.29) is 6.10 Å². The van der Waals surface area contributed by atoms with Crippen LogP contribution in [0.5, 0.6) is 0 Å². The Morgan fingerprint density at radius 1 is 1.60 bits per heavy atom. The van der Waals surface area contributed by atoms with Crippen LogP contribution in [0.4, 0.5) is 0 Å². The Labute approximate surface area is 64.6 Å². The Balaban J connectivity index is 2.30. The molecule has 0 saturated heterocycles. The summed E-state index contributed by atoms with van der Waals surface area (Å²) in [4.78, 5) is 3.02. The zero-order valence-electron chi connectivity index (χ0n) is 5.72. The Hall–Kier alpha value is 0.550. The fourth-order valence-electron chi connectivity index (χ4n) is 0.397. The van der Waals surface area contributed by atoms with E-state index >= 15 is 0 Å². The molecule has 0 aromatic rings. The van der Waals surface area contributed by atoms with Crippen LogP contribution in [0.1, 0.15) is 13.8 Å². The molecule has 0 saturated carbocycles. The average molecular weight is 195 g/mol. The molecule has 1 atom stereocenters. The van der Waals surface area contributed by atoms with E-state index in [4.69, 9.17) is 4.52 Å². The van der Waals surface area contributed by atoms with Crippen molar-refractivity contribution in [2.24, 2.45) is 9.03 Å². The molecule has 10 heavy (non-hydrogen) atoms. The summed E-state index contributed by atoms with van der Waals surface area (Å²) in [5, 5.41) is 0. The van der Waals surface area contributed by atoms with Crippen LogP contribution in [0, 0.1) is 0 Å². The van der Waals surface area contributed by atoms with E-state index in [9.17, 15) is 0 Å². The van der Waals surface area contributed by atoms with Crippen LogP contribution in [-0.4, -0.2) is 6.10 Å². The van der Waals surface area contributed by atoms with Crippen LogP contribution in [0.3, 0.4) is 0 Å². The van der Waals surface area contributed by atoms with Crippen LogP contribution in [0.15, 0.2) is 9.03 Å². The van der Waals surface area contributed by atoms with Crippen LogP contribution in [0.2, 0.25) is 0 Å². The molecular formula is C3H8N3OP3. The fraction of sp³-hybridized carbons (Fsp3) is 1.00. The highest BCUT2D eigenvalue weighted by molar-refractivity contribution is 7.63. The molecule has 1 aliphatic rings. The van der Waals surface area contributed by atoms with Crippen molar-refractivity contribution in [2.75, 3.05) is 0 Å². The third-order valence-corrected chi connectivity index (χ3v) is 3.96. The highest BCUT2D eigenvalue weighted by Crippen LogP contribution is 2.44. The lowest BCUT2D eigenvalue weighted by molar-refractivity contribution is 0.269. The van der Waals surface area contributed by atoms with Gasteiger partial charge in [-0.2, -0.15) is 13.9 Å². The summed E-state index contributed by atoms with van der Waals surface area (Å²) in [7, 11) is 0.924. The van der Waals surface area contributed by atoms with E-state index in [1.807, 2.05) is 13.8 Å². The predicted octanol–water partition coefficient (Wildman–Crippen LogP) is 3.33. The molecule has 0 radical (unpaired) electrons. The molecule has 0 aromatic carbocycles. The quantitative estimate of drug-likeness (QED) is 0.686. The third-order valence-electron chi connectivity index (χ3n) is 0.647. The van der Waals surface area contributed by atoms with Gasteiger partial charge in [0.25, 0.3) is 0 Å². The van der Waals surface area contributed by atoms with Crippen LogP contribution in [-0.2, 0) is 4.52 Å². The monoisotopic (exact) mass is 195 g/mol. The molecule has 0 spiro atoms. The van der Waals surface area contributed by atoms with Crippen molar-refractivity contribution < 1.29 is 4.52 Å². The molecule has 1 N–H and O–H groups in total. The lowest BCUT2D eigenvalue weighted by Crippen LogP contribution is -2.01. The van der Waals surface area contributed by atoms with Crippen LogP contribution >= 0.6 is 25.5 Å². The first kappa shape index (κ1) is 8.64. The lowest BCUT2D eigenvalue weighted by atomic mass is 10.5. The van der Waals surface area contributed by atoms with Crippen molar-refractivity contribution >= 4 is 25.5 Å². The van der Waals surface area contributed by atoms with E-state index in [0.29, 0.717) is 0 Å². The van der Waals surface area contributed by atoms with Crippen molar-refractivity contribution in [3.63, 3.8) is 0 Å². The van der Waals surface area contributed by atoms with E-state index in [1.165, 1.54) is 0 Å². The highest BCUT2D eigenvalue weighted by atomic mass is 31.2. The molecule has 7 heteroatoms. The van der Waals surface area contributed by atoms with E-state index in [1.54, 1.807) is 0 Å². The molecule has 0 amide bonds. The summed E-state index contributed by atoms with van der Waals surface area (Å²) in [5.74, 6) is 0. The molecule has 4 nitrogen and oxygen atoms in total. The van der Waals surface area contributed by atoms with Gasteiger partial charge in [-0.1, -0.05) is 0 Å². The van der Waals surface area contributed by atoms with Crippen molar-refractivity contribution in [1.82, 2.24) is 4.86 Å². The van der Waals surface area contributed by atoms with Gasteiger partial charge in [0.2, 0.25) is 8.45 Å². The van der Waals surface area contributed by atoms with Gasteiger partial charge in [-0.3, -0.25) is 0 Å².